The van der Waals surface area contributed by atoms with Gasteiger partial charge in [-0.1, -0.05) is 0 Å². The Labute approximate surface area is 144 Å². The molecular weight excluding hydrogens is 322 g/mol. The first kappa shape index (κ1) is 16.1. The Hall–Kier alpha value is -2.80. The summed E-state index contributed by atoms with van der Waals surface area (Å²) in [6.07, 6.45) is 3.48. The lowest BCUT2D eigenvalue weighted by Crippen LogP contribution is -2.16. The minimum atomic E-state index is -0.295. The molecule has 0 saturated carbocycles. The first-order valence-corrected chi connectivity index (χ1v) is 8.29. The molecule has 3 aromatic heterocycles. The number of carbonyl (C=O) groups excluding carboxylic acids is 1. The molecule has 1 amide bonds. The van der Waals surface area contributed by atoms with Crippen molar-refractivity contribution in [3.8, 4) is 0 Å². The molecule has 3 rings (SSSR count). The van der Waals surface area contributed by atoms with Crippen LogP contribution in [0, 0.1) is 20.8 Å². The van der Waals surface area contributed by atoms with E-state index in [2.05, 4.69) is 25.6 Å². The molecular formula is C17H17N5OS. The van der Waals surface area contributed by atoms with Crippen molar-refractivity contribution in [3.63, 3.8) is 0 Å². The van der Waals surface area contributed by atoms with Crippen LogP contribution in [-0.4, -0.2) is 20.9 Å². The topological polar surface area (TPSA) is 79.8 Å². The van der Waals surface area contributed by atoms with Gasteiger partial charge in [0.25, 0.3) is 5.91 Å². The molecule has 6 nitrogen and oxygen atoms in total. The maximum atomic E-state index is 12.6. The van der Waals surface area contributed by atoms with Gasteiger partial charge in [0, 0.05) is 17.3 Å². The zero-order chi connectivity index (χ0) is 17.1. The van der Waals surface area contributed by atoms with Crippen molar-refractivity contribution < 1.29 is 4.79 Å². The zero-order valence-electron chi connectivity index (χ0n) is 13.6. The summed E-state index contributed by atoms with van der Waals surface area (Å²) in [5, 5.41) is 8.45. The Morgan fingerprint density at radius 3 is 2.62 bits per heavy atom. The highest BCUT2D eigenvalue weighted by atomic mass is 32.1. The largest absolute Gasteiger partial charge is 0.352 e. The number of rotatable bonds is 4. The average Bonchev–Trinajstić information content (AvgIpc) is 2.94. The molecule has 122 valence electrons. The maximum Gasteiger partial charge on any atom is 0.278 e. The fourth-order valence-electron chi connectivity index (χ4n) is 2.18. The molecule has 0 saturated heterocycles. The van der Waals surface area contributed by atoms with Crippen LogP contribution in [0.4, 0.5) is 16.5 Å². The van der Waals surface area contributed by atoms with Crippen LogP contribution >= 0.6 is 11.3 Å². The van der Waals surface area contributed by atoms with Gasteiger partial charge in [0.2, 0.25) is 0 Å². The fraction of sp³-hybridized carbons (Fsp3) is 0.176. The number of nitrogens with one attached hydrogen (secondary N) is 2. The van der Waals surface area contributed by atoms with Crippen molar-refractivity contribution in [2.45, 2.75) is 20.8 Å². The molecule has 0 bridgehead atoms. The van der Waals surface area contributed by atoms with E-state index in [9.17, 15) is 4.79 Å². The van der Waals surface area contributed by atoms with Crippen LogP contribution in [0.1, 0.15) is 27.4 Å². The minimum absolute atomic E-state index is 0.295. The van der Waals surface area contributed by atoms with Crippen LogP contribution in [0.3, 0.4) is 0 Å². The van der Waals surface area contributed by atoms with Crippen LogP contribution in [0.25, 0.3) is 0 Å². The summed E-state index contributed by atoms with van der Waals surface area (Å²) < 4.78 is 0. The second-order valence-electron chi connectivity index (χ2n) is 5.47. The van der Waals surface area contributed by atoms with E-state index in [1.54, 1.807) is 12.4 Å². The lowest BCUT2D eigenvalue weighted by molar-refractivity contribution is 0.102. The Morgan fingerprint density at radius 2 is 1.92 bits per heavy atom. The highest BCUT2D eigenvalue weighted by Gasteiger charge is 2.15. The molecule has 0 aliphatic carbocycles. The number of amides is 1. The van der Waals surface area contributed by atoms with Crippen molar-refractivity contribution in [1.29, 1.82) is 0 Å². The number of hydrogen-bond donors (Lipinski definition) is 2. The number of nitrogens with zero attached hydrogens (tertiary/aromatic N) is 3. The van der Waals surface area contributed by atoms with Crippen LogP contribution in [0.15, 0.2) is 36.0 Å². The van der Waals surface area contributed by atoms with E-state index in [1.165, 1.54) is 11.3 Å². The molecule has 24 heavy (non-hydrogen) atoms. The lowest BCUT2D eigenvalue weighted by atomic mass is 10.2. The summed E-state index contributed by atoms with van der Waals surface area (Å²) in [6.45, 7) is 5.70. The third-order valence-electron chi connectivity index (χ3n) is 3.24. The quantitative estimate of drug-likeness (QED) is 0.754. The molecule has 3 aromatic rings. The zero-order valence-corrected chi connectivity index (χ0v) is 14.4. The third kappa shape index (κ3) is 3.75. The van der Waals surface area contributed by atoms with Gasteiger partial charge < -0.3 is 5.32 Å². The summed E-state index contributed by atoms with van der Waals surface area (Å²) in [7, 11) is 0. The molecule has 7 heteroatoms. The van der Waals surface area contributed by atoms with Gasteiger partial charge in [-0.3, -0.25) is 15.1 Å². The highest BCUT2D eigenvalue weighted by Crippen LogP contribution is 2.22. The molecule has 0 aliphatic heterocycles. The number of pyridine rings is 2. The maximum absolute atomic E-state index is 12.6. The summed E-state index contributed by atoms with van der Waals surface area (Å²) in [6, 6.07) is 5.65. The van der Waals surface area contributed by atoms with Crippen molar-refractivity contribution in [3.05, 3.63) is 58.6 Å². The van der Waals surface area contributed by atoms with Gasteiger partial charge in [-0.15, -0.1) is 11.3 Å². The Bertz CT molecular complexity index is 890. The third-order valence-corrected chi connectivity index (χ3v) is 4.12. The number of anilines is 3. The Kier molecular flexibility index (Phi) is 4.52. The van der Waals surface area contributed by atoms with Crippen molar-refractivity contribution in [1.82, 2.24) is 15.0 Å². The molecule has 0 spiro atoms. The van der Waals surface area contributed by atoms with Gasteiger partial charge in [0.15, 0.2) is 10.8 Å². The smallest absolute Gasteiger partial charge is 0.278 e. The number of carbonyl (C=O) groups is 1. The van der Waals surface area contributed by atoms with E-state index < -0.39 is 0 Å². The average molecular weight is 339 g/mol. The minimum Gasteiger partial charge on any atom is -0.352 e. The molecule has 0 fully saturated rings. The van der Waals surface area contributed by atoms with Crippen molar-refractivity contribution in [2.24, 2.45) is 0 Å². The second-order valence-corrected chi connectivity index (χ2v) is 6.33. The highest BCUT2D eigenvalue weighted by molar-refractivity contribution is 7.13. The molecule has 2 N–H and O–H groups in total. The van der Waals surface area contributed by atoms with Gasteiger partial charge in [-0.2, -0.15) is 0 Å². The van der Waals surface area contributed by atoms with Crippen LogP contribution < -0.4 is 10.6 Å². The lowest BCUT2D eigenvalue weighted by Gasteiger charge is -2.11. The van der Waals surface area contributed by atoms with Gasteiger partial charge >= 0.3 is 0 Å². The van der Waals surface area contributed by atoms with Crippen LogP contribution in [0.5, 0.6) is 0 Å². The van der Waals surface area contributed by atoms with E-state index in [1.807, 2.05) is 44.4 Å². The molecule has 0 radical (unpaired) electrons. The first-order valence-electron chi connectivity index (χ1n) is 7.41. The Balaban J connectivity index is 1.88. The monoisotopic (exact) mass is 339 g/mol. The molecule has 3 heterocycles. The number of hydrogen-bond acceptors (Lipinski definition) is 6. The van der Waals surface area contributed by atoms with E-state index in [-0.39, 0.29) is 5.91 Å². The Morgan fingerprint density at radius 1 is 1.08 bits per heavy atom. The second kappa shape index (κ2) is 6.76. The standard InChI is InChI=1S/C17H17N5OS/c1-10-6-13(8-18-7-10)21-14-5-4-11(2)19-15(14)16(23)22-17-20-12(3)9-24-17/h4-9,21H,1-3H3,(H,20,22,23). The summed E-state index contributed by atoms with van der Waals surface area (Å²) in [5.74, 6) is -0.295. The van der Waals surface area contributed by atoms with E-state index in [4.69, 9.17) is 0 Å². The molecule has 0 aromatic carbocycles. The SMILES string of the molecule is Cc1cncc(Nc2ccc(C)nc2C(=O)Nc2nc(C)cs2)c1. The van der Waals surface area contributed by atoms with Crippen molar-refractivity contribution in [2.75, 3.05) is 10.6 Å². The van der Waals surface area contributed by atoms with Crippen LogP contribution in [0.2, 0.25) is 0 Å². The number of aromatic nitrogens is 3. The molecule has 0 unspecified atom stereocenters. The summed E-state index contributed by atoms with van der Waals surface area (Å²) in [5.41, 5.74) is 4.42. The summed E-state index contributed by atoms with van der Waals surface area (Å²) in [4.78, 5) is 25.4. The van der Waals surface area contributed by atoms with Gasteiger partial charge in [0.05, 0.1) is 23.3 Å². The van der Waals surface area contributed by atoms with E-state index >= 15 is 0 Å². The van der Waals surface area contributed by atoms with Crippen LogP contribution in [-0.2, 0) is 0 Å². The van der Waals surface area contributed by atoms with Gasteiger partial charge in [-0.05, 0) is 44.5 Å². The predicted molar refractivity (Wildman–Crippen MR) is 96.0 cm³/mol. The molecule has 0 atom stereocenters. The van der Waals surface area contributed by atoms with Crippen molar-refractivity contribution >= 4 is 33.8 Å². The van der Waals surface area contributed by atoms with E-state index in [0.717, 1.165) is 22.6 Å². The first-order chi connectivity index (χ1) is 11.5. The van der Waals surface area contributed by atoms with Gasteiger partial charge in [0.1, 0.15) is 0 Å². The number of thiazole rings is 1. The molecule has 0 aliphatic rings. The number of aryl methyl sites for hydroxylation is 3. The predicted octanol–water partition coefficient (Wildman–Crippen LogP) is 3.85. The van der Waals surface area contributed by atoms with Gasteiger partial charge in [-0.25, -0.2) is 9.97 Å². The van der Waals surface area contributed by atoms with E-state index in [0.29, 0.717) is 16.5 Å². The summed E-state index contributed by atoms with van der Waals surface area (Å²) >= 11 is 1.39. The normalized spacial score (nSPS) is 10.5. The fourth-order valence-corrected chi connectivity index (χ4v) is 2.86.